The molecule has 0 bridgehead atoms. The number of benzene rings is 2. The summed E-state index contributed by atoms with van der Waals surface area (Å²) in [5.74, 6) is -0.188. The summed E-state index contributed by atoms with van der Waals surface area (Å²) in [6.45, 7) is 2.05. The lowest BCUT2D eigenvalue weighted by Crippen LogP contribution is -2.26. The van der Waals surface area contributed by atoms with Gasteiger partial charge in [-0.1, -0.05) is 12.1 Å². The van der Waals surface area contributed by atoms with Crippen LogP contribution in [0.25, 0.3) is 0 Å². The number of para-hydroxylation sites is 1. The second-order valence-corrected chi connectivity index (χ2v) is 6.52. The topological polar surface area (TPSA) is 73.7 Å². The van der Waals surface area contributed by atoms with E-state index in [2.05, 4.69) is 47.7 Å². The summed E-state index contributed by atoms with van der Waals surface area (Å²) in [5, 5.41) is 16.4. The van der Waals surface area contributed by atoms with Crippen LogP contribution in [0.5, 0.6) is 5.75 Å². The highest BCUT2D eigenvalue weighted by Crippen LogP contribution is 2.32. The fourth-order valence-corrected chi connectivity index (χ4v) is 3.54. The molecule has 120 valence electrons. The molecule has 2 aromatic rings. The molecule has 0 aliphatic carbocycles. The summed E-state index contributed by atoms with van der Waals surface area (Å²) >= 11 is 6.92. The number of hydrogen-bond donors (Lipinski definition) is 3. The van der Waals surface area contributed by atoms with Crippen molar-refractivity contribution in [2.45, 2.75) is 6.92 Å². The van der Waals surface area contributed by atoms with E-state index in [-0.39, 0.29) is 18.2 Å². The SMILES string of the molecule is Cc1cc(Br)c(NCC(=O)N/N=C/c2ccccc2O)c(Br)c1. The van der Waals surface area contributed by atoms with Gasteiger partial charge >= 0.3 is 0 Å². The number of phenolic OH excluding ortho intramolecular Hbond substituents is 1. The minimum atomic E-state index is -0.295. The van der Waals surface area contributed by atoms with E-state index in [9.17, 15) is 9.90 Å². The average Bonchev–Trinajstić information content (AvgIpc) is 2.48. The van der Waals surface area contributed by atoms with Crippen LogP contribution in [-0.2, 0) is 4.79 Å². The highest BCUT2D eigenvalue weighted by molar-refractivity contribution is 9.11. The van der Waals surface area contributed by atoms with E-state index in [0.29, 0.717) is 5.56 Å². The van der Waals surface area contributed by atoms with Gasteiger partial charge < -0.3 is 10.4 Å². The highest BCUT2D eigenvalue weighted by Gasteiger charge is 2.07. The number of carbonyl (C=O) groups is 1. The molecule has 0 aliphatic heterocycles. The molecule has 0 atom stereocenters. The molecule has 0 aliphatic rings. The Balaban J connectivity index is 1.90. The Morgan fingerprint density at radius 2 is 1.91 bits per heavy atom. The van der Waals surface area contributed by atoms with E-state index in [1.807, 2.05) is 19.1 Å². The van der Waals surface area contributed by atoms with Crippen molar-refractivity contribution in [3.8, 4) is 5.75 Å². The first-order valence-electron chi connectivity index (χ1n) is 6.77. The molecule has 0 fully saturated rings. The standard InChI is InChI=1S/C16H15Br2N3O2/c1-10-6-12(17)16(13(18)7-10)19-9-15(23)21-20-8-11-4-2-3-5-14(11)22/h2-8,19,22H,9H2,1H3,(H,21,23)/b20-8+. The third-order valence-electron chi connectivity index (χ3n) is 2.94. The lowest BCUT2D eigenvalue weighted by Gasteiger charge is -2.11. The minimum Gasteiger partial charge on any atom is -0.507 e. The van der Waals surface area contributed by atoms with Gasteiger partial charge in [0.25, 0.3) is 5.91 Å². The van der Waals surface area contributed by atoms with Crippen molar-refractivity contribution in [2.24, 2.45) is 5.10 Å². The zero-order chi connectivity index (χ0) is 16.8. The van der Waals surface area contributed by atoms with Crippen LogP contribution in [0.1, 0.15) is 11.1 Å². The summed E-state index contributed by atoms with van der Waals surface area (Å²) in [6.07, 6.45) is 1.39. The first kappa shape index (κ1) is 17.5. The number of nitrogens with one attached hydrogen (secondary N) is 2. The fraction of sp³-hybridized carbons (Fsp3) is 0.125. The van der Waals surface area contributed by atoms with Gasteiger partial charge in [-0.05, 0) is 68.6 Å². The molecule has 0 aromatic heterocycles. The zero-order valence-electron chi connectivity index (χ0n) is 12.3. The number of anilines is 1. The molecule has 0 spiro atoms. The number of halogens is 2. The Morgan fingerprint density at radius 3 is 2.57 bits per heavy atom. The third kappa shape index (κ3) is 5.07. The van der Waals surface area contributed by atoms with Gasteiger partial charge in [-0.25, -0.2) is 5.43 Å². The molecule has 2 rings (SSSR count). The Labute approximate surface area is 151 Å². The predicted octanol–water partition coefficient (Wildman–Crippen LogP) is 3.79. The van der Waals surface area contributed by atoms with Crippen LogP contribution in [0.4, 0.5) is 5.69 Å². The summed E-state index contributed by atoms with van der Waals surface area (Å²) in [5.41, 5.74) is 4.84. The van der Waals surface area contributed by atoms with Gasteiger partial charge in [-0.15, -0.1) is 0 Å². The number of phenols is 1. The number of rotatable bonds is 5. The third-order valence-corrected chi connectivity index (χ3v) is 4.19. The second-order valence-electron chi connectivity index (χ2n) is 4.81. The van der Waals surface area contributed by atoms with E-state index in [1.165, 1.54) is 6.21 Å². The molecule has 0 saturated carbocycles. The fourth-order valence-electron chi connectivity index (χ4n) is 1.85. The van der Waals surface area contributed by atoms with Gasteiger partial charge in [-0.3, -0.25) is 4.79 Å². The predicted molar refractivity (Wildman–Crippen MR) is 98.9 cm³/mol. The van der Waals surface area contributed by atoms with Gasteiger partial charge in [0.15, 0.2) is 0 Å². The summed E-state index contributed by atoms with van der Waals surface area (Å²) < 4.78 is 1.74. The van der Waals surface area contributed by atoms with E-state index >= 15 is 0 Å². The summed E-state index contributed by atoms with van der Waals surface area (Å²) in [6, 6.07) is 10.7. The van der Waals surface area contributed by atoms with Crippen molar-refractivity contribution in [3.63, 3.8) is 0 Å². The largest absolute Gasteiger partial charge is 0.507 e. The Hall–Kier alpha value is -1.86. The van der Waals surface area contributed by atoms with Crippen LogP contribution in [0.3, 0.4) is 0 Å². The Kier molecular flexibility index (Phi) is 6.18. The smallest absolute Gasteiger partial charge is 0.259 e. The molecule has 3 N–H and O–H groups in total. The molecule has 1 amide bonds. The van der Waals surface area contributed by atoms with Crippen molar-refractivity contribution in [2.75, 3.05) is 11.9 Å². The van der Waals surface area contributed by atoms with Crippen LogP contribution in [-0.4, -0.2) is 23.8 Å². The number of aryl methyl sites for hydroxylation is 1. The second kappa shape index (κ2) is 8.12. The average molecular weight is 441 g/mol. The highest BCUT2D eigenvalue weighted by atomic mass is 79.9. The van der Waals surface area contributed by atoms with Gasteiger partial charge in [0.2, 0.25) is 0 Å². The number of amides is 1. The first-order chi connectivity index (χ1) is 11.0. The molecule has 7 heteroatoms. The number of carbonyl (C=O) groups excluding carboxylic acids is 1. The maximum absolute atomic E-state index is 11.8. The van der Waals surface area contributed by atoms with E-state index in [1.54, 1.807) is 24.3 Å². The number of hydrogen-bond acceptors (Lipinski definition) is 4. The molecule has 23 heavy (non-hydrogen) atoms. The van der Waals surface area contributed by atoms with Crippen molar-refractivity contribution in [1.29, 1.82) is 0 Å². The monoisotopic (exact) mass is 439 g/mol. The molecule has 2 aromatic carbocycles. The van der Waals surface area contributed by atoms with Gasteiger partial charge in [-0.2, -0.15) is 5.10 Å². The number of hydrazone groups is 1. The van der Waals surface area contributed by atoms with Crippen LogP contribution >= 0.6 is 31.9 Å². The summed E-state index contributed by atoms with van der Waals surface area (Å²) in [4.78, 5) is 11.8. The normalized spacial score (nSPS) is 10.7. The van der Waals surface area contributed by atoms with Gasteiger partial charge in [0.1, 0.15) is 5.75 Å². The van der Waals surface area contributed by atoms with E-state index in [0.717, 1.165) is 20.2 Å². The maximum Gasteiger partial charge on any atom is 0.259 e. The van der Waals surface area contributed by atoms with Crippen molar-refractivity contribution < 1.29 is 9.90 Å². The lowest BCUT2D eigenvalue weighted by atomic mass is 10.2. The van der Waals surface area contributed by atoms with Crippen LogP contribution < -0.4 is 10.7 Å². The number of nitrogens with zero attached hydrogens (tertiary/aromatic N) is 1. The van der Waals surface area contributed by atoms with Crippen molar-refractivity contribution in [1.82, 2.24) is 5.43 Å². The number of aromatic hydroxyl groups is 1. The Bertz CT molecular complexity index is 725. The molecular formula is C16H15Br2N3O2. The first-order valence-corrected chi connectivity index (χ1v) is 8.35. The van der Waals surface area contributed by atoms with E-state index < -0.39 is 0 Å². The lowest BCUT2D eigenvalue weighted by molar-refractivity contribution is -0.119. The summed E-state index contributed by atoms with van der Waals surface area (Å²) in [7, 11) is 0. The van der Waals surface area contributed by atoms with Gasteiger partial charge in [0, 0.05) is 14.5 Å². The molecular weight excluding hydrogens is 426 g/mol. The van der Waals surface area contributed by atoms with Crippen LogP contribution in [0, 0.1) is 6.92 Å². The quantitative estimate of drug-likeness (QED) is 0.489. The molecule has 0 radical (unpaired) electrons. The molecule has 0 unspecified atom stereocenters. The van der Waals surface area contributed by atoms with Crippen LogP contribution in [0.15, 0.2) is 50.4 Å². The van der Waals surface area contributed by atoms with Crippen LogP contribution in [0.2, 0.25) is 0 Å². The zero-order valence-corrected chi connectivity index (χ0v) is 15.5. The van der Waals surface area contributed by atoms with E-state index in [4.69, 9.17) is 0 Å². The molecule has 0 heterocycles. The van der Waals surface area contributed by atoms with Gasteiger partial charge in [0.05, 0.1) is 18.4 Å². The van der Waals surface area contributed by atoms with Crippen molar-refractivity contribution in [3.05, 3.63) is 56.5 Å². The molecule has 0 saturated heterocycles. The Morgan fingerprint density at radius 1 is 1.26 bits per heavy atom. The molecule has 5 nitrogen and oxygen atoms in total. The van der Waals surface area contributed by atoms with Crippen molar-refractivity contribution >= 4 is 49.7 Å². The maximum atomic E-state index is 11.8. The minimum absolute atomic E-state index is 0.0678.